The van der Waals surface area contributed by atoms with Gasteiger partial charge in [0, 0.05) is 55.5 Å². The van der Waals surface area contributed by atoms with Gasteiger partial charge in [-0.1, -0.05) is 115 Å². The largest absolute Gasteiger partial charge is 0.309 e. The highest BCUT2D eigenvalue weighted by Gasteiger charge is 2.19. The van der Waals surface area contributed by atoms with E-state index in [2.05, 4.69) is 173 Å². The second kappa shape index (κ2) is 10.4. The molecule has 3 heterocycles. The van der Waals surface area contributed by atoms with Gasteiger partial charge in [0.15, 0.2) is 5.82 Å². The molecule has 0 fully saturated rings. The molecule has 3 aromatic heterocycles. The van der Waals surface area contributed by atoms with Gasteiger partial charge in [-0.05, 0) is 64.7 Å². The lowest BCUT2D eigenvalue weighted by Gasteiger charge is -2.12. The average molecular weight is 637 g/mol. The number of aromatic nitrogens is 4. The van der Waals surface area contributed by atoms with E-state index in [4.69, 9.17) is 9.97 Å². The quantitative estimate of drug-likeness (QED) is 0.181. The normalized spacial score (nSPS) is 12.0. The van der Waals surface area contributed by atoms with Crippen molar-refractivity contribution in [3.63, 3.8) is 0 Å². The van der Waals surface area contributed by atoms with E-state index in [1.54, 1.807) is 0 Å². The Hall–Kier alpha value is -6.78. The summed E-state index contributed by atoms with van der Waals surface area (Å²) in [5, 5.41) is 10.7. The van der Waals surface area contributed by atoms with Crippen molar-refractivity contribution in [1.29, 1.82) is 0 Å². The van der Waals surface area contributed by atoms with Gasteiger partial charge in [-0.3, -0.25) is 0 Å². The summed E-state index contributed by atoms with van der Waals surface area (Å²) < 4.78 is 4.78. The number of rotatable bonds is 3. The molecule has 0 atom stereocenters. The van der Waals surface area contributed by atoms with Gasteiger partial charge in [0.2, 0.25) is 0 Å². The maximum Gasteiger partial charge on any atom is 0.159 e. The van der Waals surface area contributed by atoms with Crippen LogP contribution >= 0.6 is 0 Å². The Bertz CT molecular complexity index is 3110. The standard InChI is InChI=1S/C46H28N4/c1-2-14-30(15-3-1)49-41-23-10-8-20-35(41)38-27-44-39(26-43(38)49)36-21-9-11-24-42(36)50(44)31-16-12-13-29(25-31)46-47-28-40-34-19-5-4-17-32(34)33-18-6-7-22-37(33)45(40)48-46/h1-28H. The number of hydrogen-bond donors (Lipinski definition) is 0. The van der Waals surface area contributed by atoms with Gasteiger partial charge in [0.05, 0.1) is 27.6 Å². The van der Waals surface area contributed by atoms with Crippen LogP contribution < -0.4 is 0 Å². The summed E-state index contributed by atoms with van der Waals surface area (Å²) in [6.07, 6.45) is 2.00. The summed E-state index contributed by atoms with van der Waals surface area (Å²) in [6, 6.07) is 58.6. The topological polar surface area (TPSA) is 35.6 Å². The van der Waals surface area contributed by atoms with Gasteiger partial charge < -0.3 is 9.13 Å². The van der Waals surface area contributed by atoms with Crippen LogP contribution in [0, 0.1) is 0 Å². The molecule has 50 heavy (non-hydrogen) atoms. The first-order chi connectivity index (χ1) is 24.8. The maximum absolute atomic E-state index is 5.25. The molecule has 0 unspecified atom stereocenters. The summed E-state index contributed by atoms with van der Waals surface area (Å²) >= 11 is 0. The molecule has 0 N–H and O–H groups in total. The predicted octanol–water partition coefficient (Wildman–Crippen LogP) is 11.8. The minimum Gasteiger partial charge on any atom is -0.309 e. The molecule has 0 saturated carbocycles. The van der Waals surface area contributed by atoms with Crippen LogP contribution in [0.3, 0.4) is 0 Å². The van der Waals surface area contributed by atoms with Gasteiger partial charge in [0.25, 0.3) is 0 Å². The van der Waals surface area contributed by atoms with Crippen LogP contribution in [0.5, 0.6) is 0 Å². The van der Waals surface area contributed by atoms with E-state index in [0.29, 0.717) is 5.82 Å². The van der Waals surface area contributed by atoms with Gasteiger partial charge in [0.1, 0.15) is 0 Å². The molecule has 0 saturated heterocycles. The van der Waals surface area contributed by atoms with Crippen LogP contribution in [0.15, 0.2) is 170 Å². The third kappa shape index (κ3) is 3.81. The molecule has 11 rings (SSSR count). The van der Waals surface area contributed by atoms with Crippen LogP contribution in [0.2, 0.25) is 0 Å². The molecule has 0 radical (unpaired) electrons. The summed E-state index contributed by atoms with van der Waals surface area (Å²) in [5.74, 6) is 0.717. The molecular formula is C46H28N4. The zero-order valence-corrected chi connectivity index (χ0v) is 27.0. The molecule has 0 aliphatic heterocycles. The van der Waals surface area contributed by atoms with E-state index >= 15 is 0 Å². The fraction of sp³-hybridized carbons (Fsp3) is 0. The lowest BCUT2D eigenvalue weighted by atomic mass is 9.98. The first-order valence-corrected chi connectivity index (χ1v) is 17.0. The van der Waals surface area contributed by atoms with Gasteiger partial charge in [-0.25, -0.2) is 9.97 Å². The number of fused-ring (bicyclic) bond motifs is 12. The number of hydrogen-bond acceptors (Lipinski definition) is 2. The summed E-state index contributed by atoms with van der Waals surface area (Å²) in [6.45, 7) is 0. The minimum absolute atomic E-state index is 0.717. The zero-order valence-electron chi connectivity index (χ0n) is 27.0. The van der Waals surface area contributed by atoms with Crippen molar-refractivity contribution in [2.45, 2.75) is 0 Å². The summed E-state index contributed by atoms with van der Waals surface area (Å²) in [4.78, 5) is 10.2. The van der Waals surface area contributed by atoms with Crippen LogP contribution in [0.4, 0.5) is 0 Å². The van der Waals surface area contributed by atoms with E-state index in [-0.39, 0.29) is 0 Å². The van der Waals surface area contributed by atoms with Crippen molar-refractivity contribution in [1.82, 2.24) is 19.1 Å². The fourth-order valence-corrected chi connectivity index (χ4v) is 8.15. The molecule has 0 bridgehead atoms. The molecule has 0 aliphatic rings. The SMILES string of the molecule is c1ccc(-n2c3ccccc3c3cc4c(cc32)c2ccccc2n4-c2cccc(-c3ncc4c5ccccc5c5ccccc5c4n3)c2)cc1. The third-order valence-electron chi connectivity index (χ3n) is 10.3. The molecule has 4 nitrogen and oxygen atoms in total. The van der Waals surface area contributed by atoms with Gasteiger partial charge in [-0.15, -0.1) is 0 Å². The molecule has 0 amide bonds. The third-order valence-corrected chi connectivity index (χ3v) is 10.3. The monoisotopic (exact) mass is 636 g/mol. The van der Waals surface area contributed by atoms with Crippen LogP contribution in [-0.4, -0.2) is 19.1 Å². The highest BCUT2D eigenvalue weighted by molar-refractivity contribution is 6.24. The first kappa shape index (κ1) is 27.2. The number of para-hydroxylation sites is 3. The van der Waals surface area contributed by atoms with E-state index in [9.17, 15) is 0 Å². The second-order valence-electron chi connectivity index (χ2n) is 13.0. The number of nitrogens with zero attached hydrogens (tertiary/aromatic N) is 4. The van der Waals surface area contributed by atoms with Crippen molar-refractivity contribution in [2.75, 3.05) is 0 Å². The van der Waals surface area contributed by atoms with E-state index < -0.39 is 0 Å². The average Bonchev–Trinajstić information content (AvgIpc) is 3.69. The fourth-order valence-electron chi connectivity index (χ4n) is 8.15. The van der Waals surface area contributed by atoms with E-state index in [1.165, 1.54) is 59.8 Å². The molecule has 0 spiro atoms. The smallest absolute Gasteiger partial charge is 0.159 e. The summed E-state index contributed by atoms with van der Waals surface area (Å²) in [7, 11) is 0. The Morgan fingerprint density at radius 1 is 0.340 bits per heavy atom. The van der Waals surface area contributed by atoms with Crippen molar-refractivity contribution in [2.24, 2.45) is 0 Å². The van der Waals surface area contributed by atoms with Gasteiger partial charge in [-0.2, -0.15) is 0 Å². The zero-order chi connectivity index (χ0) is 32.8. The minimum atomic E-state index is 0.717. The Labute approximate surface area is 287 Å². The maximum atomic E-state index is 5.25. The lowest BCUT2D eigenvalue weighted by Crippen LogP contribution is -1.97. The van der Waals surface area contributed by atoms with Crippen LogP contribution in [0.1, 0.15) is 0 Å². The molecule has 232 valence electrons. The van der Waals surface area contributed by atoms with Crippen LogP contribution in [0.25, 0.3) is 98.8 Å². The van der Waals surface area contributed by atoms with Crippen molar-refractivity contribution in [3.05, 3.63) is 170 Å². The highest BCUT2D eigenvalue weighted by atomic mass is 15.0. The van der Waals surface area contributed by atoms with E-state index in [0.717, 1.165) is 33.2 Å². The molecule has 8 aromatic carbocycles. The van der Waals surface area contributed by atoms with Crippen molar-refractivity contribution < 1.29 is 0 Å². The second-order valence-corrected chi connectivity index (χ2v) is 13.0. The summed E-state index contributed by atoms with van der Waals surface area (Å²) in [5.41, 5.74) is 8.93. The first-order valence-electron chi connectivity index (χ1n) is 17.0. The van der Waals surface area contributed by atoms with Crippen molar-refractivity contribution >= 4 is 76.1 Å². The van der Waals surface area contributed by atoms with Crippen molar-refractivity contribution in [3.8, 4) is 22.8 Å². The highest BCUT2D eigenvalue weighted by Crippen LogP contribution is 2.40. The van der Waals surface area contributed by atoms with E-state index in [1.807, 2.05) is 6.20 Å². The van der Waals surface area contributed by atoms with Crippen LogP contribution in [-0.2, 0) is 0 Å². The Balaban J connectivity index is 1.16. The molecule has 11 aromatic rings. The Kier molecular flexibility index (Phi) is 5.63. The lowest BCUT2D eigenvalue weighted by molar-refractivity contribution is 1.17. The molecular weight excluding hydrogens is 609 g/mol. The number of benzene rings is 8. The Morgan fingerprint density at radius 2 is 0.840 bits per heavy atom. The Morgan fingerprint density at radius 3 is 1.50 bits per heavy atom. The van der Waals surface area contributed by atoms with Gasteiger partial charge >= 0.3 is 0 Å². The molecule has 4 heteroatoms. The predicted molar refractivity (Wildman–Crippen MR) is 209 cm³/mol. The molecule has 0 aliphatic carbocycles.